The van der Waals surface area contributed by atoms with Crippen molar-refractivity contribution in [1.29, 1.82) is 0 Å². The van der Waals surface area contributed by atoms with Gasteiger partial charge in [-0.05, 0) is 30.9 Å². The van der Waals surface area contributed by atoms with E-state index in [2.05, 4.69) is 0 Å². The number of anilines is 1. The normalized spacial score (nSPS) is 14.9. The molecule has 1 aromatic carbocycles. The number of nitrogens with zero attached hydrogens (tertiary/aromatic N) is 1. The van der Waals surface area contributed by atoms with E-state index in [1.807, 2.05) is 0 Å². The second-order valence-corrected chi connectivity index (χ2v) is 4.74. The summed E-state index contributed by atoms with van der Waals surface area (Å²) in [6, 6.07) is 5.13. The summed E-state index contributed by atoms with van der Waals surface area (Å²) in [6.07, 6.45) is 2.44. The number of hydrogen-bond donors (Lipinski definition) is 1. The fraction of sp³-hybridized carbons (Fsp3) is 0.417. The van der Waals surface area contributed by atoms with Crippen molar-refractivity contribution in [3.63, 3.8) is 0 Å². The maximum atomic E-state index is 12.1. The molecule has 1 aliphatic carbocycles. The van der Waals surface area contributed by atoms with Gasteiger partial charge in [-0.25, -0.2) is 0 Å². The van der Waals surface area contributed by atoms with E-state index in [-0.39, 0.29) is 5.91 Å². The van der Waals surface area contributed by atoms with Crippen LogP contribution in [-0.2, 0) is 0 Å². The minimum Gasteiger partial charge on any atom is -0.398 e. The predicted octanol–water partition coefficient (Wildman–Crippen LogP) is 2.40. The summed E-state index contributed by atoms with van der Waals surface area (Å²) in [7, 11) is 1.80. The van der Waals surface area contributed by atoms with Crippen molar-refractivity contribution in [1.82, 2.24) is 4.90 Å². The van der Waals surface area contributed by atoms with Gasteiger partial charge in [0, 0.05) is 19.3 Å². The number of carbonyl (C=O) groups is 1. The minimum absolute atomic E-state index is 0.0880. The van der Waals surface area contributed by atoms with Gasteiger partial charge in [0.05, 0.1) is 10.6 Å². The highest BCUT2D eigenvalue weighted by molar-refractivity contribution is 6.34. The topological polar surface area (TPSA) is 46.3 Å². The van der Waals surface area contributed by atoms with Gasteiger partial charge in [-0.1, -0.05) is 17.7 Å². The van der Waals surface area contributed by atoms with Gasteiger partial charge in [0.15, 0.2) is 0 Å². The molecule has 0 bridgehead atoms. The van der Waals surface area contributed by atoms with Crippen LogP contribution in [0.25, 0.3) is 0 Å². The Bertz CT molecular complexity index is 395. The number of halogens is 1. The van der Waals surface area contributed by atoms with Crippen LogP contribution in [0.5, 0.6) is 0 Å². The Labute approximate surface area is 100 Å². The summed E-state index contributed by atoms with van der Waals surface area (Å²) >= 11 is 5.99. The number of rotatable bonds is 3. The smallest absolute Gasteiger partial charge is 0.257 e. The molecule has 0 saturated heterocycles. The summed E-state index contributed by atoms with van der Waals surface area (Å²) in [5, 5.41) is 0.424. The number of benzene rings is 1. The molecule has 3 nitrogen and oxygen atoms in total. The zero-order chi connectivity index (χ0) is 11.7. The quantitative estimate of drug-likeness (QED) is 0.822. The van der Waals surface area contributed by atoms with Gasteiger partial charge in [-0.2, -0.15) is 0 Å². The van der Waals surface area contributed by atoms with Crippen molar-refractivity contribution < 1.29 is 4.79 Å². The molecule has 0 spiro atoms. The highest BCUT2D eigenvalue weighted by Gasteiger charge is 2.26. The third-order valence-corrected chi connectivity index (χ3v) is 3.15. The first-order valence-corrected chi connectivity index (χ1v) is 5.77. The second kappa shape index (κ2) is 4.34. The molecule has 0 radical (unpaired) electrons. The first kappa shape index (κ1) is 11.3. The fourth-order valence-corrected chi connectivity index (χ4v) is 1.99. The Hall–Kier alpha value is -1.22. The Balaban J connectivity index is 2.18. The lowest BCUT2D eigenvalue weighted by Gasteiger charge is -2.18. The van der Waals surface area contributed by atoms with E-state index >= 15 is 0 Å². The molecule has 0 unspecified atom stereocenters. The van der Waals surface area contributed by atoms with Crippen molar-refractivity contribution in [2.45, 2.75) is 12.8 Å². The molecule has 1 saturated carbocycles. The zero-order valence-corrected chi connectivity index (χ0v) is 10.00. The highest BCUT2D eigenvalue weighted by atomic mass is 35.5. The molecule has 1 aliphatic rings. The van der Waals surface area contributed by atoms with Crippen LogP contribution in [0.1, 0.15) is 23.2 Å². The van der Waals surface area contributed by atoms with Gasteiger partial charge in [-0.3, -0.25) is 4.79 Å². The Morgan fingerprint density at radius 2 is 2.25 bits per heavy atom. The minimum atomic E-state index is -0.0880. The van der Waals surface area contributed by atoms with Gasteiger partial charge in [0.25, 0.3) is 5.91 Å². The first-order chi connectivity index (χ1) is 7.59. The number of amides is 1. The van der Waals surface area contributed by atoms with Crippen LogP contribution in [-0.4, -0.2) is 24.4 Å². The Morgan fingerprint density at radius 1 is 1.56 bits per heavy atom. The van der Waals surface area contributed by atoms with Crippen molar-refractivity contribution in [2.75, 3.05) is 19.3 Å². The molecule has 16 heavy (non-hydrogen) atoms. The van der Waals surface area contributed by atoms with Crippen LogP contribution in [0.2, 0.25) is 5.02 Å². The largest absolute Gasteiger partial charge is 0.398 e. The molecule has 4 heteroatoms. The molecular weight excluding hydrogens is 224 g/mol. The number of carbonyl (C=O) groups excluding carboxylic acids is 1. The molecule has 86 valence electrons. The summed E-state index contributed by atoms with van der Waals surface area (Å²) in [5.74, 6) is 0.577. The van der Waals surface area contributed by atoms with Crippen LogP contribution in [0.4, 0.5) is 5.69 Å². The Morgan fingerprint density at radius 3 is 2.81 bits per heavy atom. The summed E-state index contributed by atoms with van der Waals surface area (Å²) in [5.41, 5.74) is 6.64. The fourth-order valence-electron chi connectivity index (χ4n) is 1.73. The van der Waals surface area contributed by atoms with Crippen LogP contribution in [0, 0.1) is 5.92 Å². The van der Waals surface area contributed by atoms with E-state index in [1.54, 1.807) is 30.1 Å². The highest BCUT2D eigenvalue weighted by Crippen LogP contribution is 2.30. The molecule has 0 heterocycles. The van der Waals surface area contributed by atoms with Crippen molar-refractivity contribution in [2.24, 2.45) is 5.92 Å². The molecule has 1 amide bonds. The summed E-state index contributed by atoms with van der Waals surface area (Å²) < 4.78 is 0. The number of nitrogen functional groups attached to an aromatic ring is 1. The lowest BCUT2D eigenvalue weighted by atomic mass is 10.1. The average molecular weight is 239 g/mol. The van der Waals surface area contributed by atoms with E-state index in [1.165, 1.54) is 12.8 Å². The standard InChI is InChI=1S/C12H15ClN2O/c1-15(7-8-5-6-8)12(16)11-9(13)3-2-4-10(11)14/h2-4,8H,5-7,14H2,1H3. The number of nitrogens with two attached hydrogens (primary N) is 1. The third kappa shape index (κ3) is 2.30. The average Bonchev–Trinajstić information content (AvgIpc) is 3.01. The molecule has 0 aliphatic heterocycles. The van der Waals surface area contributed by atoms with E-state index in [4.69, 9.17) is 17.3 Å². The van der Waals surface area contributed by atoms with E-state index in [0.717, 1.165) is 6.54 Å². The van der Waals surface area contributed by atoms with Crippen molar-refractivity contribution >= 4 is 23.2 Å². The summed E-state index contributed by atoms with van der Waals surface area (Å²) in [4.78, 5) is 13.8. The van der Waals surface area contributed by atoms with Gasteiger partial charge < -0.3 is 10.6 Å². The number of hydrogen-bond acceptors (Lipinski definition) is 2. The Kier molecular flexibility index (Phi) is 3.06. The van der Waals surface area contributed by atoms with Crippen molar-refractivity contribution in [3.8, 4) is 0 Å². The maximum absolute atomic E-state index is 12.1. The molecule has 2 N–H and O–H groups in total. The lowest BCUT2D eigenvalue weighted by Crippen LogP contribution is -2.29. The van der Waals surface area contributed by atoms with Crippen LogP contribution >= 0.6 is 11.6 Å². The molecular formula is C12H15ClN2O. The van der Waals surface area contributed by atoms with Gasteiger partial charge in [0.2, 0.25) is 0 Å². The van der Waals surface area contributed by atoms with Crippen LogP contribution in [0.15, 0.2) is 18.2 Å². The molecule has 0 aromatic heterocycles. The maximum Gasteiger partial charge on any atom is 0.257 e. The SMILES string of the molecule is CN(CC1CC1)C(=O)c1c(N)cccc1Cl. The van der Waals surface area contributed by atoms with E-state index < -0.39 is 0 Å². The lowest BCUT2D eigenvalue weighted by molar-refractivity contribution is 0.0790. The van der Waals surface area contributed by atoms with Crippen LogP contribution < -0.4 is 5.73 Å². The molecule has 1 fully saturated rings. The zero-order valence-electron chi connectivity index (χ0n) is 9.24. The van der Waals surface area contributed by atoms with Crippen molar-refractivity contribution in [3.05, 3.63) is 28.8 Å². The second-order valence-electron chi connectivity index (χ2n) is 4.33. The first-order valence-electron chi connectivity index (χ1n) is 5.39. The van der Waals surface area contributed by atoms with Gasteiger partial charge in [0.1, 0.15) is 0 Å². The predicted molar refractivity (Wildman–Crippen MR) is 65.5 cm³/mol. The third-order valence-electron chi connectivity index (χ3n) is 2.84. The molecule has 0 atom stereocenters. The molecule has 2 rings (SSSR count). The van der Waals surface area contributed by atoms with Crippen LogP contribution in [0.3, 0.4) is 0 Å². The van der Waals surface area contributed by atoms with E-state index in [0.29, 0.717) is 22.2 Å². The summed E-state index contributed by atoms with van der Waals surface area (Å²) in [6.45, 7) is 0.795. The van der Waals surface area contributed by atoms with Gasteiger partial charge in [-0.15, -0.1) is 0 Å². The van der Waals surface area contributed by atoms with E-state index in [9.17, 15) is 4.79 Å². The molecule has 1 aromatic rings. The van der Waals surface area contributed by atoms with Gasteiger partial charge >= 0.3 is 0 Å². The monoisotopic (exact) mass is 238 g/mol.